The third-order valence-electron chi connectivity index (χ3n) is 4.70. The Bertz CT molecular complexity index is 1180. The smallest absolute Gasteiger partial charge is 0.392 e. The van der Waals surface area contributed by atoms with E-state index in [-0.39, 0.29) is 22.5 Å². The zero-order valence-corrected chi connectivity index (χ0v) is 14.4. The van der Waals surface area contributed by atoms with E-state index < -0.39 is 35.0 Å². The molecule has 2 aromatic carbocycles. The maximum atomic E-state index is 13.6. The molecule has 0 spiro atoms. The first-order valence-electron chi connectivity index (χ1n) is 8.05. The van der Waals surface area contributed by atoms with E-state index in [4.69, 9.17) is 4.84 Å². The van der Waals surface area contributed by atoms with Crippen molar-refractivity contribution in [2.24, 2.45) is 0 Å². The molecule has 0 fully saturated rings. The normalized spacial score (nSPS) is 16.6. The molecular weight excluding hydrogens is 390 g/mol. The molecule has 1 atom stereocenters. The highest BCUT2D eigenvalue weighted by molar-refractivity contribution is 6.12. The van der Waals surface area contributed by atoms with Crippen LogP contribution < -0.4 is 15.3 Å². The summed E-state index contributed by atoms with van der Waals surface area (Å²) >= 11 is 0. The molecule has 10 heteroatoms. The van der Waals surface area contributed by atoms with E-state index in [1.165, 1.54) is 18.2 Å². The van der Waals surface area contributed by atoms with E-state index in [2.05, 4.69) is 0 Å². The van der Waals surface area contributed by atoms with Gasteiger partial charge in [-0.3, -0.25) is 4.79 Å². The monoisotopic (exact) mass is 402 g/mol. The van der Waals surface area contributed by atoms with Crippen LogP contribution in [0.1, 0.15) is 17.2 Å². The second-order valence-corrected chi connectivity index (χ2v) is 6.67. The van der Waals surface area contributed by atoms with Gasteiger partial charge < -0.3 is 9.74 Å². The predicted molar refractivity (Wildman–Crippen MR) is 90.4 cm³/mol. The Morgan fingerprint density at radius 1 is 1.00 bits per heavy atom. The van der Waals surface area contributed by atoms with Crippen LogP contribution in [-0.4, -0.2) is 25.0 Å². The van der Waals surface area contributed by atoms with Crippen molar-refractivity contribution in [2.75, 3.05) is 19.0 Å². The van der Waals surface area contributed by atoms with Crippen LogP contribution in [0.25, 0.3) is 21.7 Å². The lowest BCUT2D eigenvalue weighted by molar-refractivity contribution is -0.224. The number of nitrogens with zero attached hydrogens (tertiary/aromatic N) is 2. The zero-order chi connectivity index (χ0) is 20.6. The first-order chi connectivity index (χ1) is 12.9. The lowest BCUT2D eigenvalue weighted by Crippen LogP contribution is -2.39. The van der Waals surface area contributed by atoms with Gasteiger partial charge in [0.1, 0.15) is 5.52 Å². The van der Waals surface area contributed by atoms with Crippen molar-refractivity contribution in [3.63, 3.8) is 0 Å². The minimum Gasteiger partial charge on any atom is -0.392 e. The largest absolute Gasteiger partial charge is 0.432 e. The second kappa shape index (κ2) is 5.55. The van der Waals surface area contributed by atoms with Crippen molar-refractivity contribution >= 4 is 27.4 Å². The van der Waals surface area contributed by atoms with E-state index in [1.54, 1.807) is 19.0 Å². The number of pyridine rings is 1. The molecule has 0 N–H and O–H groups in total. The Balaban J connectivity index is 2.27. The molecule has 4 nitrogen and oxygen atoms in total. The average Bonchev–Trinajstić information content (AvgIpc) is 2.58. The summed E-state index contributed by atoms with van der Waals surface area (Å²) < 4.78 is 81.4. The third-order valence-corrected chi connectivity index (χ3v) is 4.70. The molecule has 3 aromatic rings. The van der Waals surface area contributed by atoms with Crippen molar-refractivity contribution in [2.45, 2.75) is 18.5 Å². The summed E-state index contributed by atoms with van der Waals surface area (Å²) in [5.74, 6) is 0. The Morgan fingerprint density at radius 2 is 1.64 bits per heavy atom. The molecule has 0 radical (unpaired) electrons. The van der Waals surface area contributed by atoms with E-state index in [0.717, 1.165) is 6.07 Å². The Kier molecular flexibility index (Phi) is 3.66. The molecule has 0 saturated heterocycles. The van der Waals surface area contributed by atoms with E-state index in [9.17, 15) is 31.1 Å². The molecule has 2 heterocycles. The van der Waals surface area contributed by atoms with Gasteiger partial charge in [0.15, 0.2) is 0 Å². The molecule has 0 aliphatic carbocycles. The van der Waals surface area contributed by atoms with Crippen molar-refractivity contribution in [1.82, 2.24) is 4.73 Å². The van der Waals surface area contributed by atoms with Crippen molar-refractivity contribution in [3.8, 4) is 0 Å². The molecule has 148 valence electrons. The van der Waals surface area contributed by atoms with Gasteiger partial charge in [-0.05, 0) is 6.07 Å². The molecule has 28 heavy (non-hydrogen) atoms. The highest BCUT2D eigenvalue weighted by Gasteiger charge is 2.47. The minimum absolute atomic E-state index is 0.0829. The van der Waals surface area contributed by atoms with Crippen molar-refractivity contribution in [3.05, 3.63) is 51.8 Å². The molecule has 1 aliphatic heterocycles. The summed E-state index contributed by atoms with van der Waals surface area (Å²) in [4.78, 5) is 18.7. The fraction of sp³-hybridized carbons (Fsp3) is 0.278. The third kappa shape index (κ3) is 2.50. The minimum atomic E-state index is -4.87. The predicted octanol–water partition coefficient (Wildman–Crippen LogP) is 4.29. The fourth-order valence-corrected chi connectivity index (χ4v) is 3.58. The summed E-state index contributed by atoms with van der Waals surface area (Å²) in [5.41, 5.74) is -2.70. The summed E-state index contributed by atoms with van der Waals surface area (Å²) in [6, 6.07) is 5.34. The van der Waals surface area contributed by atoms with Crippen molar-refractivity contribution < 1.29 is 31.2 Å². The molecule has 4 rings (SSSR count). The number of hydrogen-bond donors (Lipinski definition) is 0. The van der Waals surface area contributed by atoms with Crippen LogP contribution in [-0.2, 0) is 6.18 Å². The number of alkyl halides is 6. The summed E-state index contributed by atoms with van der Waals surface area (Å²) in [6.07, 6.45) is -12.2. The van der Waals surface area contributed by atoms with Gasteiger partial charge in [-0.25, -0.2) is 0 Å². The van der Waals surface area contributed by atoms with E-state index in [1.807, 2.05) is 0 Å². The Labute approximate surface area is 153 Å². The summed E-state index contributed by atoms with van der Waals surface area (Å²) in [5, 5.41) is -0.196. The highest BCUT2D eigenvalue weighted by atomic mass is 19.4. The molecular formula is C18H12F6N2O2. The summed E-state index contributed by atoms with van der Waals surface area (Å²) in [6.45, 7) is 0. The van der Waals surface area contributed by atoms with E-state index >= 15 is 0 Å². The number of halogens is 6. The number of anilines is 1. The lowest BCUT2D eigenvalue weighted by Gasteiger charge is -2.31. The van der Waals surface area contributed by atoms with Gasteiger partial charge in [0.05, 0.1) is 5.56 Å². The van der Waals surface area contributed by atoms with Gasteiger partial charge in [0, 0.05) is 47.6 Å². The number of hydrogen-bond acceptors (Lipinski definition) is 3. The van der Waals surface area contributed by atoms with E-state index in [0.29, 0.717) is 15.8 Å². The van der Waals surface area contributed by atoms with Gasteiger partial charge in [-0.2, -0.15) is 26.3 Å². The lowest BCUT2D eigenvalue weighted by atomic mass is 9.93. The van der Waals surface area contributed by atoms with Crippen LogP contribution in [0.2, 0.25) is 0 Å². The molecule has 0 bridgehead atoms. The Hall–Kier alpha value is -2.91. The first kappa shape index (κ1) is 18.5. The maximum absolute atomic E-state index is 13.6. The van der Waals surface area contributed by atoms with Crippen LogP contribution >= 0.6 is 0 Å². The van der Waals surface area contributed by atoms with Crippen molar-refractivity contribution in [1.29, 1.82) is 0 Å². The number of benzene rings is 2. The topological polar surface area (TPSA) is 34.5 Å². The average molecular weight is 402 g/mol. The Morgan fingerprint density at radius 3 is 2.21 bits per heavy atom. The van der Waals surface area contributed by atoms with Gasteiger partial charge >= 0.3 is 12.4 Å². The molecule has 1 aliphatic rings. The molecule has 0 saturated carbocycles. The van der Waals surface area contributed by atoms with Crippen LogP contribution in [0, 0.1) is 0 Å². The SMILES string of the molecule is CN(C)c1ccc2c3c1ccc1c(C(F)(F)F)cc(=O)n(c13)OC2C(F)(F)F. The standard InChI is InChI=1S/C18H12F6N2O2/c1-25(2)12-6-5-10-14-9(12)4-3-8-11(17(19,20)21)7-13(27)26(15(8)14)28-16(10)18(22,23)24/h3-7,16H,1-2H3. The van der Waals surface area contributed by atoms with Crippen LogP contribution in [0.5, 0.6) is 0 Å². The molecule has 1 aromatic heterocycles. The van der Waals surface area contributed by atoms with Gasteiger partial charge in [0.25, 0.3) is 5.56 Å². The quantitative estimate of drug-likeness (QED) is 0.450. The van der Waals surface area contributed by atoms with Crippen LogP contribution in [0.3, 0.4) is 0 Å². The zero-order valence-electron chi connectivity index (χ0n) is 14.4. The van der Waals surface area contributed by atoms with Gasteiger partial charge in [-0.15, -0.1) is 4.73 Å². The summed E-state index contributed by atoms with van der Waals surface area (Å²) in [7, 11) is 3.31. The fourth-order valence-electron chi connectivity index (χ4n) is 3.58. The number of aromatic nitrogens is 1. The maximum Gasteiger partial charge on any atom is 0.432 e. The number of rotatable bonds is 1. The molecule has 0 amide bonds. The first-order valence-corrected chi connectivity index (χ1v) is 8.05. The van der Waals surface area contributed by atoms with Crippen LogP contribution in [0.4, 0.5) is 32.0 Å². The van der Waals surface area contributed by atoms with Crippen LogP contribution in [0.15, 0.2) is 35.1 Å². The second-order valence-electron chi connectivity index (χ2n) is 6.67. The molecule has 1 unspecified atom stereocenters. The highest BCUT2D eigenvalue weighted by Crippen LogP contribution is 2.46. The van der Waals surface area contributed by atoms with Gasteiger partial charge in [-0.1, -0.05) is 18.2 Å². The van der Waals surface area contributed by atoms with Gasteiger partial charge in [0.2, 0.25) is 6.10 Å².